The van der Waals surface area contributed by atoms with Gasteiger partial charge in [-0.2, -0.15) is 5.10 Å². The third-order valence-corrected chi connectivity index (χ3v) is 3.34. The zero-order valence-electron chi connectivity index (χ0n) is 12.0. The molecule has 0 spiro atoms. The average molecular weight is 293 g/mol. The summed E-state index contributed by atoms with van der Waals surface area (Å²) in [5.41, 5.74) is 4.99. The van der Waals surface area contributed by atoms with Crippen molar-refractivity contribution in [2.45, 2.75) is 0 Å². The minimum atomic E-state index is -0.265. The Kier molecular flexibility index (Phi) is 3.87. The van der Waals surface area contributed by atoms with E-state index in [4.69, 9.17) is 4.74 Å². The second kappa shape index (κ2) is 6.13. The lowest BCUT2D eigenvalue weighted by Crippen LogP contribution is -2.17. The maximum atomic E-state index is 12.0. The Bertz CT molecular complexity index is 819. The molecule has 0 unspecified atom stereocenters. The number of hydrazone groups is 1. The van der Waals surface area contributed by atoms with Crippen LogP contribution in [0.15, 0.2) is 59.8 Å². The predicted molar refractivity (Wildman–Crippen MR) is 86.4 cm³/mol. The number of nitrogens with zero attached hydrogens (tertiary/aromatic N) is 1. The summed E-state index contributed by atoms with van der Waals surface area (Å²) in [6.07, 6.45) is 3.48. The van der Waals surface area contributed by atoms with Crippen LogP contribution in [0.4, 0.5) is 0 Å². The van der Waals surface area contributed by atoms with Crippen LogP contribution in [0, 0.1) is 0 Å². The molecule has 2 aromatic carbocycles. The van der Waals surface area contributed by atoms with Gasteiger partial charge in [-0.1, -0.05) is 18.2 Å². The van der Waals surface area contributed by atoms with Crippen molar-refractivity contribution in [2.24, 2.45) is 5.10 Å². The van der Waals surface area contributed by atoms with Crippen molar-refractivity contribution in [3.63, 3.8) is 0 Å². The first-order valence-electron chi connectivity index (χ1n) is 6.81. The third kappa shape index (κ3) is 2.83. The van der Waals surface area contributed by atoms with E-state index in [1.165, 1.54) is 0 Å². The van der Waals surface area contributed by atoms with Gasteiger partial charge in [-0.05, 0) is 30.3 Å². The maximum absolute atomic E-state index is 12.0. The summed E-state index contributed by atoms with van der Waals surface area (Å²) >= 11 is 0. The molecule has 0 aliphatic carbocycles. The fourth-order valence-electron chi connectivity index (χ4n) is 2.17. The Morgan fingerprint density at radius 1 is 1.18 bits per heavy atom. The van der Waals surface area contributed by atoms with E-state index in [1.807, 2.05) is 30.5 Å². The Hall–Kier alpha value is -3.08. The fourth-order valence-corrected chi connectivity index (χ4v) is 2.17. The highest BCUT2D eigenvalue weighted by atomic mass is 16.5. The number of hydrogen-bond donors (Lipinski definition) is 2. The van der Waals surface area contributed by atoms with Crippen LogP contribution >= 0.6 is 0 Å². The van der Waals surface area contributed by atoms with Gasteiger partial charge in [0.1, 0.15) is 5.75 Å². The molecule has 0 aliphatic rings. The van der Waals surface area contributed by atoms with Crippen LogP contribution in [0.2, 0.25) is 0 Å². The van der Waals surface area contributed by atoms with Crippen molar-refractivity contribution in [1.29, 1.82) is 0 Å². The molecule has 22 heavy (non-hydrogen) atoms. The highest BCUT2D eigenvalue weighted by molar-refractivity contribution is 6.00. The molecule has 2 N–H and O–H groups in total. The second-order valence-corrected chi connectivity index (χ2v) is 4.72. The van der Waals surface area contributed by atoms with Crippen molar-refractivity contribution in [3.8, 4) is 5.75 Å². The molecule has 0 atom stereocenters. The number of ether oxygens (including phenoxy) is 1. The zero-order chi connectivity index (χ0) is 15.4. The van der Waals surface area contributed by atoms with Gasteiger partial charge in [-0.3, -0.25) is 4.79 Å². The minimum absolute atomic E-state index is 0.265. The highest BCUT2D eigenvalue weighted by Gasteiger charge is 2.04. The van der Waals surface area contributed by atoms with Gasteiger partial charge in [0.15, 0.2) is 0 Å². The number of benzene rings is 2. The van der Waals surface area contributed by atoms with E-state index in [2.05, 4.69) is 15.5 Å². The molecule has 5 nitrogen and oxygen atoms in total. The first-order chi connectivity index (χ1) is 10.8. The fraction of sp³-hybridized carbons (Fsp3) is 0.0588. The summed E-state index contributed by atoms with van der Waals surface area (Å²) < 4.78 is 5.06. The van der Waals surface area contributed by atoms with E-state index >= 15 is 0 Å². The number of nitrogens with one attached hydrogen (secondary N) is 2. The minimum Gasteiger partial charge on any atom is -0.497 e. The quantitative estimate of drug-likeness (QED) is 0.573. The number of carbonyl (C=O) groups excluding carboxylic acids is 1. The third-order valence-electron chi connectivity index (χ3n) is 3.34. The number of hydrogen-bond acceptors (Lipinski definition) is 3. The Morgan fingerprint density at radius 3 is 2.73 bits per heavy atom. The predicted octanol–water partition coefficient (Wildman–Crippen LogP) is 2.94. The monoisotopic (exact) mass is 293 g/mol. The lowest BCUT2D eigenvalue weighted by atomic mass is 10.2. The summed E-state index contributed by atoms with van der Waals surface area (Å²) in [5, 5.41) is 5.07. The Labute approximate surface area is 127 Å². The van der Waals surface area contributed by atoms with E-state index in [1.54, 1.807) is 37.6 Å². The first-order valence-corrected chi connectivity index (χ1v) is 6.81. The van der Waals surface area contributed by atoms with Crippen molar-refractivity contribution in [2.75, 3.05) is 7.11 Å². The van der Waals surface area contributed by atoms with Gasteiger partial charge in [0, 0.05) is 28.2 Å². The lowest BCUT2D eigenvalue weighted by molar-refractivity contribution is 0.0955. The molecule has 5 heteroatoms. The highest BCUT2D eigenvalue weighted by Crippen LogP contribution is 2.15. The molecule has 1 heterocycles. The van der Waals surface area contributed by atoms with Crippen molar-refractivity contribution in [1.82, 2.24) is 10.4 Å². The van der Waals surface area contributed by atoms with Crippen LogP contribution in [-0.2, 0) is 0 Å². The molecule has 3 aromatic rings. The molecule has 0 saturated carbocycles. The van der Waals surface area contributed by atoms with Gasteiger partial charge < -0.3 is 9.72 Å². The molecule has 1 aromatic heterocycles. The summed E-state index contributed by atoms with van der Waals surface area (Å²) in [7, 11) is 1.58. The molecule has 110 valence electrons. The van der Waals surface area contributed by atoms with Crippen molar-refractivity contribution in [3.05, 3.63) is 65.9 Å². The van der Waals surface area contributed by atoms with Gasteiger partial charge in [-0.15, -0.1) is 0 Å². The zero-order valence-corrected chi connectivity index (χ0v) is 12.0. The van der Waals surface area contributed by atoms with Gasteiger partial charge in [0.2, 0.25) is 0 Å². The number of aromatic nitrogens is 1. The van der Waals surface area contributed by atoms with E-state index < -0.39 is 0 Å². The van der Waals surface area contributed by atoms with Gasteiger partial charge >= 0.3 is 0 Å². The largest absolute Gasteiger partial charge is 0.497 e. The van der Waals surface area contributed by atoms with E-state index in [0.717, 1.165) is 16.5 Å². The van der Waals surface area contributed by atoms with Gasteiger partial charge in [0.25, 0.3) is 5.91 Å². The molecule has 0 bridgehead atoms. The number of aromatic amines is 1. The van der Waals surface area contributed by atoms with Crippen LogP contribution < -0.4 is 10.2 Å². The lowest BCUT2D eigenvalue weighted by Gasteiger charge is -2.01. The van der Waals surface area contributed by atoms with Crippen molar-refractivity contribution >= 4 is 23.0 Å². The number of H-pyrrole nitrogens is 1. The maximum Gasteiger partial charge on any atom is 0.271 e. The molecule has 0 radical (unpaired) electrons. The standard InChI is InChI=1S/C17H15N3O2/c1-22-14-8-6-12(7-9-14)17(21)20-19-11-13-10-18-16-5-3-2-4-15(13)16/h2-11,18H,1H3,(H,20,21)/b19-11+. The van der Waals surface area contributed by atoms with Crippen LogP contribution in [0.25, 0.3) is 10.9 Å². The average Bonchev–Trinajstić information content (AvgIpc) is 2.98. The Morgan fingerprint density at radius 2 is 1.95 bits per heavy atom. The summed E-state index contributed by atoms with van der Waals surface area (Å²) in [6, 6.07) is 14.8. The summed E-state index contributed by atoms with van der Waals surface area (Å²) in [5.74, 6) is 0.442. The molecular formula is C17H15N3O2. The van der Waals surface area contributed by atoms with Crippen LogP contribution in [0.1, 0.15) is 15.9 Å². The number of carbonyl (C=O) groups is 1. The number of rotatable bonds is 4. The number of para-hydroxylation sites is 1. The normalized spacial score (nSPS) is 11.0. The van der Waals surface area contributed by atoms with Crippen LogP contribution in [0.3, 0.4) is 0 Å². The molecule has 3 rings (SSSR count). The van der Waals surface area contributed by atoms with Crippen molar-refractivity contribution < 1.29 is 9.53 Å². The number of methoxy groups -OCH3 is 1. The van der Waals surface area contributed by atoms with Crippen LogP contribution in [-0.4, -0.2) is 24.2 Å². The smallest absolute Gasteiger partial charge is 0.271 e. The topological polar surface area (TPSA) is 66.5 Å². The second-order valence-electron chi connectivity index (χ2n) is 4.72. The summed E-state index contributed by atoms with van der Waals surface area (Å²) in [6.45, 7) is 0. The first kappa shape index (κ1) is 13.9. The SMILES string of the molecule is COc1ccc(C(=O)N/N=C/c2c[nH]c3ccccc23)cc1. The van der Waals surface area contributed by atoms with E-state index in [0.29, 0.717) is 11.3 Å². The summed E-state index contributed by atoms with van der Waals surface area (Å²) in [4.78, 5) is 15.1. The molecular weight excluding hydrogens is 278 g/mol. The van der Waals surface area contributed by atoms with Gasteiger partial charge in [0.05, 0.1) is 13.3 Å². The molecule has 0 aliphatic heterocycles. The van der Waals surface area contributed by atoms with E-state index in [9.17, 15) is 4.79 Å². The number of fused-ring (bicyclic) bond motifs is 1. The molecule has 0 fully saturated rings. The van der Waals surface area contributed by atoms with Crippen LogP contribution in [0.5, 0.6) is 5.75 Å². The van der Waals surface area contributed by atoms with Gasteiger partial charge in [-0.25, -0.2) is 5.43 Å². The molecule has 1 amide bonds. The van der Waals surface area contributed by atoms with E-state index in [-0.39, 0.29) is 5.91 Å². The molecule has 0 saturated heterocycles. The Balaban J connectivity index is 1.69. The number of amides is 1.